The van der Waals surface area contributed by atoms with E-state index in [4.69, 9.17) is 0 Å². The summed E-state index contributed by atoms with van der Waals surface area (Å²) >= 11 is 4.81. The average Bonchev–Trinajstić information content (AvgIpc) is 3.36. The molecule has 0 atom stereocenters. The zero-order chi connectivity index (χ0) is 20.6. The summed E-state index contributed by atoms with van der Waals surface area (Å²) in [6, 6.07) is 11.8. The molecule has 2 aromatic carbocycles. The van der Waals surface area contributed by atoms with Crippen LogP contribution in [0.3, 0.4) is 0 Å². The lowest BCUT2D eigenvalue weighted by molar-refractivity contribution is 0.102. The maximum absolute atomic E-state index is 12.8. The standard InChI is InChI=1S/C20H20BrN3O3S2/c1-24(15-4-2-3-5-15)29(26,27)16-9-6-13(7-10-16)19(25)23-20-22-17-11-8-14(21)12-18(17)28-20/h6-12,15H,2-5H2,1H3,(H,22,23,25). The van der Waals surface area contributed by atoms with Crippen molar-refractivity contribution in [3.8, 4) is 0 Å². The Morgan fingerprint density at radius 3 is 2.55 bits per heavy atom. The molecular formula is C20H20BrN3O3S2. The predicted octanol–water partition coefficient (Wildman–Crippen LogP) is 4.87. The van der Waals surface area contributed by atoms with Crippen LogP contribution in [0.1, 0.15) is 36.0 Å². The molecule has 1 heterocycles. The molecule has 0 aliphatic heterocycles. The van der Waals surface area contributed by atoms with Crippen LogP contribution in [-0.2, 0) is 10.0 Å². The van der Waals surface area contributed by atoms with E-state index in [1.165, 1.54) is 39.9 Å². The van der Waals surface area contributed by atoms with Crippen molar-refractivity contribution in [3.63, 3.8) is 0 Å². The van der Waals surface area contributed by atoms with E-state index < -0.39 is 10.0 Å². The zero-order valence-corrected chi connectivity index (χ0v) is 19.0. The highest BCUT2D eigenvalue weighted by molar-refractivity contribution is 9.10. The molecule has 1 aliphatic carbocycles. The number of fused-ring (bicyclic) bond motifs is 1. The Hall–Kier alpha value is -1.81. The van der Waals surface area contributed by atoms with Gasteiger partial charge in [0.05, 0.1) is 15.1 Å². The van der Waals surface area contributed by atoms with Crippen molar-refractivity contribution in [1.82, 2.24) is 9.29 Å². The Morgan fingerprint density at radius 1 is 1.17 bits per heavy atom. The van der Waals surface area contributed by atoms with Gasteiger partial charge in [0, 0.05) is 23.1 Å². The highest BCUT2D eigenvalue weighted by atomic mass is 79.9. The highest BCUT2D eigenvalue weighted by Gasteiger charge is 2.30. The molecule has 1 amide bonds. The fraction of sp³-hybridized carbons (Fsp3) is 0.300. The van der Waals surface area contributed by atoms with Crippen molar-refractivity contribution in [2.45, 2.75) is 36.6 Å². The first-order valence-corrected chi connectivity index (χ1v) is 12.3. The van der Waals surface area contributed by atoms with Gasteiger partial charge in [-0.2, -0.15) is 4.31 Å². The van der Waals surface area contributed by atoms with Crippen LogP contribution in [0.2, 0.25) is 0 Å². The third-order valence-corrected chi connectivity index (χ3v) is 8.55. The zero-order valence-electron chi connectivity index (χ0n) is 15.8. The first kappa shape index (κ1) is 20.5. The molecule has 0 unspecified atom stereocenters. The van der Waals surface area contributed by atoms with E-state index in [0.29, 0.717) is 10.7 Å². The summed E-state index contributed by atoms with van der Waals surface area (Å²) in [7, 11) is -1.92. The van der Waals surface area contributed by atoms with Crippen LogP contribution in [0.4, 0.5) is 5.13 Å². The number of nitrogens with one attached hydrogen (secondary N) is 1. The summed E-state index contributed by atoms with van der Waals surface area (Å²) in [5.41, 5.74) is 1.19. The number of aromatic nitrogens is 1. The molecule has 0 radical (unpaired) electrons. The van der Waals surface area contributed by atoms with Gasteiger partial charge in [0.1, 0.15) is 0 Å². The molecule has 3 aromatic rings. The van der Waals surface area contributed by atoms with Crippen molar-refractivity contribution in [2.75, 3.05) is 12.4 Å². The van der Waals surface area contributed by atoms with Crippen LogP contribution in [0, 0.1) is 0 Å². The van der Waals surface area contributed by atoms with Gasteiger partial charge in [0.25, 0.3) is 5.91 Å². The fourth-order valence-electron chi connectivity index (χ4n) is 3.53. The second-order valence-electron chi connectivity index (χ2n) is 7.07. The maximum Gasteiger partial charge on any atom is 0.257 e. The molecule has 1 aromatic heterocycles. The molecule has 1 fully saturated rings. The number of carbonyl (C=O) groups is 1. The number of hydrogen-bond donors (Lipinski definition) is 1. The quantitative estimate of drug-likeness (QED) is 0.549. The van der Waals surface area contributed by atoms with E-state index in [1.807, 2.05) is 18.2 Å². The van der Waals surface area contributed by atoms with Crippen LogP contribution in [0.15, 0.2) is 51.8 Å². The van der Waals surface area contributed by atoms with E-state index in [0.717, 1.165) is 40.4 Å². The fourth-order valence-corrected chi connectivity index (χ4v) is 6.36. The van der Waals surface area contributed by atoms with E-state index in [9.17, 15) is 13.2 Å². The second kappa shape index (κ2) is 8.14. The molecule has 6 nitrogen and oxygen atoms in total. The number of halogens is 1. The summed E-state index contributed by atoms with van der Waals surface area (Å²) in [5, 5.41) is 3.29. The summed E-state index contributed by atoms with van der Waals surface area (Å²) in [4.78, 5) is 17.2. The summed E-state index contributed by atoms with van der Waals surface area (Å²) in [6.07, 6.45) is 3.92. The van der Waals surface area contributed by atoms with Crippen LogP contribution < -0.4 is 5.32 Å². The Morgan fingerprint density at radius 2 is 1.86 bits per heavy atom. The van der Waals surface area contributed by atoms with Crippen LogP contribution in [-0.4, -0.2) is 36.7 Å². The minimum Gasteiger partial charge on any atom is -0.298 e. The number of hydrogen-bond acceptors (Lipinski definition) is 5. The van der Waals surface area contributed by atoms with Crippen LogP contribution >= 0.6 is 27.3 Å². The molecule has 4 rings (SSSR count). The van der Waals surface area contributed by atoms with Gasteiger partial charge in [-0.25, -0.2) is 13.4 Å². The van der Waals surface area contributed by atoms with Crippen molar-refractivity contribution < 1.29 is 13.2 Å². The third-order valence-electron chi connectivity index (χ3n) is 5.20. The van der Waals surface area contributed by atoms with Crippen LogP contribution in [0.25, 0.3) is 10.2 Å². The van der Waals surface area contributed by atoms with Gasteiger partial charge >= 0.3 is 0 Å². The summed E-state index contributed by atoms with van der Waals surface area (Å²) in [5.74, 6) is -0.323. The Kier molecular flexibility index (Phi) is 5.74. The van der Waals surface area contributed by atoms with Gasteiger partial charge in [-0.15, -0.1) is 0 Å². The lowest BCUT2D eigenvalue weighted by Crippen LogP contribution is -2.35. The Balaban J connectivity index is 1.49. The lowest BCUT2D eigenvalue weighted by atomic mass is 10.2. The van der Waals surface area contributed by atoms with Crippen molar-refractivity contribution >= 4 is 58.5 Å². The summed E-state index contributed by atoms with van der Waals surface area (Å²) in [6.45, 7) is 0. The molecule has 0 bridgehead atoms. The number of anilines is 1. The van der Waals surface area contributed by atoms with Gasteiger partial charge < -0.3 is 0 Å². The normalized spacial score (nSPS) is 15.3. The van der Waals surface area contributed by atoms with Gasteiger partial charge in [0.2, 0.25) is 10.0 Å². The molecule has 152 valence electrons. The number of carbonyl (C=O) groups excluding carboxylic acids is 1. The molecule has 0 spiro atoms. The maximum atomic E-state index is 12.8. The number of sulfonamides is 1. The second-order valence-corrected chi connectivity index (χ2v) is 11.0. The van der Waals surface area contributed by atoms with Gasteiger partial charge in [0.15, 0.2) is 5.13 Å². The third kappa shape index (κ3) is 4.23. The van der Waals surface area contributed by atoms with Crippen molar-refractivity contribution in [2.24, 2.45) is 0 Å². The van der Waals surface area contributed by atoms with E-state index in [2.05, 4.69) is 26.2 Å². The number of rotatable bonds is 5. The van der Waals surface area contributed by atoms with Crippen LogP contribution in [0.5, 0.6) is 0 Å². The number of amides is 1. The first-order valence-electron chi connectivity index (χ1n) is 9.30. The first-order chi connectivity index (χ1) is 13.8. The topological polar surface area (TPSA) is 79.4 Å². The van der Waals surface area contributed by atoms with E-state index in [1.54, 1.807) is 7.05 Å². The van der Waals surface area contributed by atoms with Gasteiger partial charge in [-0.1, -0.05) is 40.1 Å². The minimum atomic E-state index is -3.56. The Labute approximate surface area is 182 Å². The Bertz CT molecular complexity index is 1150. The van der Waals surface area contributed by atoms with E-state index in [-0.39, 0.29) is 16.8 Å². The smallest absolute Gasteiger partial charge is 0.257 e. The largest absolute Gasteiger partial charge is 0.298 e. The number of thiazole rings is 1. The molecule has 1 N–H and O–H groups in total. The molecule has 1 aliphatic rings. The van der Waals surface area contributed by atoms with Gasteiger partial charge in [-0.05, 0) is 55.3 Å². The molecular weight excluding hydrogens is 474 g/mol. The SMILES string of the molecule is CN(C1CCCC1)S(=O)(=O)c1ccc(C(=O)Nc2nc3ccc(Br)cc3s2)cc1. The molecule has 9 heteroatoms. The molecule has 1 saturated carbocycles. The number of nitrogens with zero attached hydrogens (tertiary/aromatic N) is 2. The predicted molar refractivity (Wildman–Crippen MR) is 119 cm³/mol. The monoisotopic (exact) mass is 493 g/mol. The van der Waals surface area contributed by atoms with Crippen molar-refractivity contribution in [1.29, 1.82) is 0 Å². The summed E-state index contributed by atoms with van der Waals surface area (Å²) < 4.78 is 29.0. The molecule has 29 heavy (non-hydrogen) atoms. The van der Waals surface area contributed by atoms with Gasteiger partial charge in [-0.3, -0.25) is 10.1 Å². The highest BCUT2D eigenvalue weighted by Crippen LogP contribution is 2.29. The molecule has 0 saturated heterocycles. The number of benzene rings is 2. The average molecular weight is 494 g/mol. The minimum absolute atomic E-state index is 0.0575. The lowest BCUT2D eigenvalue weighted by Gasteiger charge is -2.23. The van der Waals surface area contributed by atoms with E-state index >= 15 is 0 Å². The van der Waals surface area contributed by atoms with Crippen molar-refractivity contribution in [3.05, 3.63) is 52.5 Å².